The van der Waals surface area contributed by atoms with Crippen molar-refractivity contribution in [2.75, 3.05) is 13.2 Å². The number of aromatic nitrogens is 1. The Morgan fingerprint density at radius 1 is 1.08 bits per heavy atom. The van der Waals surface area contributed by atoms with Gasteiger partial charge in [0.25, 0.3) is 5.91 Å². The third kappa shape index (κ3) is 4.03. The number of fused-ring (bicyclic) bond motifs is 1. The van der Waals surface area contributed by atoms with Crippen LogP contribution in [-0.2, 0) is 16.0 Å². The maximum atomic E-state index is 13.4. The Kier molecular flexibility index (Phi) is 5.09. The van der Waals surface area contributed by atoms with E-state index in [1.165, 1.54) is 18.2 Å². The molecule has 5 nitrogen and oxygen atoms in total. The van der Waals surface area contributed by atoms with E-state index in [4.69, 9.17) is 4.74 Å². The first-order chi connectivity index (χ1) is 12.1. The van der Waals surface area contributed by atoms with Gasteiger partial charge in [-0.15, -0.1) is 0 Å². The second-order valence-corrected chi connectivity index (χ2v) is 5.52. The first-order valence-corrected chi connectivity index (χ1v) is 7.88. The fourth-order valence-corrected chi connectivity index (χ4v) is 2.56. The molecule has 0 spiro atoms. The van der Waals surface area contributed by atoms with E-state index in [-0.39, 0.29) is 5.56 Å². The van der Waals surface area contributed by atoms with Crippen LogP contribution in [0, 0.1) is 5.82 Å². The number of hydrogen-bond donors (Lipinski definition) is 2. The minimum absolute atomic E-state index is 0.186. The van der Waals surface area contributed by atoms with Crippen molar-refractivity contribution in [2.24, 2.45) is 0 Å². The number of nitrogens with one attached hydrogen (secondary N) is 2. The van der Waals surface area contributed by atoms with E-state index in [1.807, 2.05) is 30.5 Å². The van der Waals surface area contributed by atoms with Gasteiger partial charge >= 0.3 is 5.97 Å². The van der Waals surface area contributed by atoms with Gasteiger partial charge < -0.3 is 15.0 Å². The van der Waals surface area contributed by atoms with Crippen molar-refractivity contribution in [3.05, 3.63) is 71.7 Å². The van der Waals surface area contributed by atoms with Crippen LogP contribution in [0.1, 0.15) is 15.9 Å². The van der Waals surface area contributed by atoms with Crippen LogP contribution >= 0.6 is 0 Å². The smallest absolute Gasteiger partial charge is 0.341 e. The number of halogens is 1. The van der Waals surface area contributed by atoms with Crippen LogP contribution in [0.15, 0.2) is 54.7 Å². The Bertz CT molecular complexity index is 904. The van der Waals surface area contributed by atoms with Crippen molar-refractivity contribution in [1.82, 2.24) is 10.3 Å². The number of ether oxygens (including phenoxy) is 1. The third-order valence-electron chi connectivity index (χ3n) is 3.82. The number of amides is 1. The summed E-state index contributed by atoms with van der Waals surface area (Å²) in [6.07, 6.45) is 2.56. The number of esters is 1. The standard InChI is InChI=1S/C19H17FN2O3/c20-16-7-3-1-6-15(16)19(24)25-12-18(23)21-10-9-13-11-22-17-8-4-2-5-14(13)17/h1-8,11,22H,9-10,12H2,(H,21,23). The zero-order valence-corrected chi connectivity index (χ0v) is 13.4. The molecule has 128 valence electrons. The van der Waals surface area contributed by atoms with Gasteiger partial charge in [0, 0.05) is 23.6 Å². The van der Waals surface area contributed by atoms with E-state index in [9.17, 15) is 14.0 Å². The average molecular weight is 340 g/mol. The number of carbonyl (C=O) groups excluding carboxylic acids is 2. The van der Waals surface area contributed by atoms with Crippen LogP contribution in [0.3, 0.4) is 0 Å². The van der Waals surface area contributed by atoms with E-state index >= 15 is 0 Å². The molecule has 0 atom stereocenters. The zero-order chi connectivity index (χ0) is 17.6. The molecule has 0 fully saturated rings. The number of para-hydroxylation sites is 1. The van der Waals surface area contributed by atoms with E-state index in [0.29, 0.717) is 13.0 Å². The van der Waals surface area contributed by atoms with E-state index in [0.717, 1.165) is 22.5 Å². The highest BCUT2D eigenvalue weighted by Crippen LogP contribution is 2.17. The summed E-state index contributed by atoms with van der Waals surface area (Å²) < 4.78 is 18.3. The van der Waals surface area contributed by atoms with Crippen molar-refractivity contribution in [1.29, 1.82) is 0 Å². The van der Waals surface area contributed by atoms with Crippen LogP contribution in [0.25, 0.3) is 10.9 Å². The molecule has 0 saturated heterocycles. The van der Waals surface area contributed by atoms with Crippen molar-refractivity contribution in [2.45, 2.75) is 6.42 Å². The van der Waals surface area contributed by atoms with Crippen molar-refractivity contribution in [3.8, 4) is 0 Å². The predicted octanol–water partition coefficient (Wildman–Crippen LogP) is 2.82. The monoisotopic (exact) mass is 340 g/mol. The molecule has 3 rings (SSSR count). The largest absolute Gasteiger partial charge is 0.452 e. The molecule has 25 heavy (non-hydrogen) atoms. The van der Waals surface area contributed by atoms with Crippen molar-refractivity contribution >= 4 is 22.8 Å². The summed E-state index contributed by atoms with van der Waals surface area (Å²) >= 11 is 0. The Morgan fingerprint density at radius 2 is 1.84 bits per heavy atom. The van der Waals surface area contributed by atoms with Crippen LogP contribution < -0.4 is 5.32 Å². The molecule has 0 radical (unpaired) electrons. The molecule has 1 heterocycles. The maximum absolute atomic E-state index is 13.4. The molecular formula is C19H17FN2O3. The summed E-state index contributed by atoms with van der Waals surface area (Å²) in [4.78, 5) is 26.7. The fourth-order valence-electron chi connectivity index (χ4n) is 2.56. The molecule has 0 aliphatic rings. The lowest BCUT2D eigenvalue weighted by Crippen LogP contribution is -2.30. The van der Waals surface area contributed by atoms with Gasteiger partial charge in [0.15, 0.2) is 6.61 Å². The quantitative estimate of drug-likeness (QED) is 0.678. The van der Waals surface area contributed by atoms with Crippen molar-refractivity contribution in [3.63, 3.8) is 0 Å². The summed E-state index contributed by atoms with van der Waals surface area (Å²) in [6, 6.07) is 13.4. The van der Waals surface area contributed by atoms with E-state index < -0.39 is 24.3 Å². The lowest BCUT2D eigenvalue weighted by Gasteiger charge is -2.07. The normalized spacial score (nSPS) is 10.6. The highest BCUT2D eigenvalue weighted by molar-refractivity contribution is 5.91. The number of benzene rings is 2. The average Bonchev–Trinajstić information content (AvgIpc) is 3.03. The zero-order valence-electron chi connectivity index (χ0n) is 13.4. The Morgan fingerprint density at radius 3 is 2.68 bits per heavy atom. The summed E-state index contributed by atoms with van der Waals surface area (Å²) in [5, 5.41) is 3.80. The molecular weight excluding hydrogens is 323 g/mol. The van der Waals surface area contributed by atoms with Crippen LogP contribution in [0.2, 0.25) is 0 Å². The Balaban J connectivity index is 1.45. The fraction of sp³-hybridized carbons (Fsp3) is 0.158. The number of carbonyl (C=O) groups is 2. The number of H-pyrrole nitrogens is 1. The molecule has 0 aliphatic heterocycles. The number of hydrogen-bond acceptors (Lipinski definition) is 3. The van der Waals surface area contributed by atoms with Gasteiger partial charge in [-0.2, -0.15) is 0 Å². The lowest BCUT2D eigenvalue weighted by atomic mass is 10.1. The molecule has 6 heteroatoms. The van der Waals surface area contributed by atoms with Crippen LogP contribution in [0.4, 0.5) is 4.39 Å². The number of rotatable bonds is 6. The minimum Gasteiger partial charge on any atom is -0.452 e. The summed E-state index contributed by atoms with van der Waals surface area (Å²) in [7, 11) is 0. The molecule has 0 aliphatic carbocycles. The number of aromatic amines is 1. The molecule has 0 saturated carbocycles. The van der Waals surface area contributed by atoms with Crippen molar-refractivity contribution < 1.29 is 18.7 Å². The predicted molar refractivity (Wildman–Crippen MR) is 91.7 cm³/mol. The van der Waals surface area contributed by atoms with Gasteiger partial charge in [-0.25, -0.2) is 9.18 Å². The van der Waals surface area contributed by atoms with Crippen LogP contribution in [-0.4, -0.2) is 30.0 Å². The summed E-state index contributed by atoms with van der Waals surface area (Å²) in [5.74, 6) is -1.96. The first kappa shape index (κ1) is 16.7. The molecule has 1 aromatic heterocycles. The van der Waals surface area contributed by atoms with Gasteiger partial charge in [0.1, 0.15) is 5.82 Å². The van der Waals surface area contributed by atoms with Gasteiger partial charge in [-0.3, -0.25) is 4.79 Å². The topological polar surface area (TPSA) is 71.2 Å². The highest BCUT2D eigenvalue weighted by Gasteiger charge is 2.14. The van der Waals surface area contributed by atoms with Gasteiger partial charge in [0.05, 0.1) is 5.56 Å². The van der Waals surface area contributed by atoms with Crippen LogP contribution in [0.5, 0.6) is 0 Å². The van der Waals surface area contributed by atoms with Gasteiger partial charge in [-0.1, -0.05) is 30.3 Å². The summed E-state index contributed by atoms with van der Waals surface area (Å²) in [6.45, 7) is -0.0288. The van der Waals surface area contributed by atoms with Gasteiger partial charge in [-0.05, 0) is 30.2 Å². The Labute approximate surface area is 143 Å². The molecule has 3 aromatic rings. The highest BCUT2D eigenvalue weighted by atomic mass is 19.1. The Hall–Kier alpha value is -3.15. The second-order valence-electron chi connectivity index (χ2n) is 5.52. The first-order valence-electron chi connectivity index (χ1n) is 7.88. The molecule has 2 N–H and O–H groups in total. The molecule has 1 amide bonds. The summed E-state index contributed by atoms with van der Waals surface area (Å²) in [5.41, 5.74) is 1.95. The SMILES string of the molecule is O=C(COC(=O)c1ccccc1F)NCCc1c[nH]c2ccccc12. The van der Waals surface area contributed by atoms with Gasteiger partial charge in [0.2, 0.25) is 0 Å². The van der Waals surface area contributed by atoms with E-state index in [1.54, 1.807) is 0 Å². The van der Waals surface area contributed by atoms with E-state index in [2.05, 4.69) is 10.3 Å². The maximum Gasteiger partial charge on any atom is 0.341 e. The second kappa shape index (κ2) is 7.61. The molecule has 0 unspecified atom stereocenters. The minimum atomic E-state index is -0.857. The molecule has 0 bridgehead atoms. The lowest BCUT2D eigenvalue weighted by molar-refractivity contribution is -0.124. The molecule has 2 aromatic carbocycles. The third-order valence-corrected chi connectivity index (χ3v) is 3.82.